The first kappa shape index (κ1) is 26.5. The maximum Gasteiger partial charge on any atom is 0.299 e. The minimum atomic E-state index is 0.460. The number of hydrogen-bond donors (Lipinski definition) is 0. The highest BCUT2D eigenvalue weighted by atomic mass is 32.2. The predicted octanol–water partition coefficient (Wildman–Crippen LogP) is 9.07. The van der Waals surface area contributed by atoms with E-state index in [0.29, 0.717) is 26.0 Å². The Kier molecular flexibility index (Phi) is 11.4. The van der Waals surface area contributed by atoms with E-state index in [0.717, 1.165) is 23.3 Å². The van der Waals surface area contributed by atoms with Crippen LogP contribution in [0.4, 0.5) is 0 Å². The molecule has 4 fully saturated rings. The van der Waals surface area contributed by atoms with E-state index < -0.39 is 0 Å². The minimum absolute atomic E-state index is 0.460. The summed E-state index contributed by atoms with van der Waals surface area (Å²) in [6.45, 7) is 5.80. The van der Waals surface area contributed by atoms with E-state index in [9.17, 15) is 0 Å². The van der Waals surface area contributed by atoms with E-state index in [1.165, 1.54) is 127 Å². The van der Waals surface area contributed by atoms with Crippen LogP contribution in [0.2, 0.25) is 23.3 Å². The highest BCUT2D eigenvalue weighted by Gasteiger charge is 2.43. The van der Waals surface area contributed by atoms with Gasteiger partial charge < -0.3 is 9.31 Å². The first-order valence-electron chi connectivity index (χ1n) is 15.2. The summed E-state index contributed by atoms with van der Waals surface area (Å²) in [5, 5.41) is 0. The molecule has 2 nitrogen and oxygen atoms in total. The van der Waals surface area contributed by atoms with Crippen molar-refractivity contribution in [1.82, 2.24) is 0 Å². The molecule has 4 rings (SSSR count). The second-order valence-electron chi connectivity index (χ2n) is 12.0. The van der Waals surface area contributed by atoms with Gasteiger partial charge in [-0.25, -0.2) is 0 Å². The summed E-state index contributed by atoms with van der Waals surface area (Å²) in [5.41, 5.74) is 0. The molecule has 33 heavy (non-hydrogen) atoms. The standard InChI is InChI=1S/C28H52B2O2S/c1-3-5-19-27(31-29-23-11-7-12-24(29)14-8-13-23)21-33-22-28(20-6-4-2)32-30-25-15-9-16-26(30)18-10-17-25/h23-28H,3-22H2,1-2H3. The third-order valence-electron chi connectivity index (χ3n) is 9.52. The van der Waals surface area contributed by atoms with Gasteiger partial charge in [-0.1, -0.05) is 117 Å². The average molecular weight is 474 g/mol. The quantitative estimate of drug-likeness (QED) is 0.234. The highest BCUT2D eigenvalue weighted by molar-refractivity contribution is 7.99. The van der Waals surface area contributed by atoms with Crippen LogP contribution in [0.3, 0.4) is 0 Å². The molecule has 0 radical (unpaired) electrons. The van der Waals surface area contributed by atoms with Gasteiger partial charge in [0, 0.05) is 23.7 Å². The molecule has 0 spiro atoms. The molecule has 5 heteroatoms. The van der Waals surface area contributed by atoms with Crippen LogP contribution in [-0.4, -0.2) is 37.5 Å². The van der Waals surface area contributed by atoms with E-state index in [1.54, 1.807) is 0 Å². The lowest BCUT2D eigenvalue weighted by Gasteiger charge is -2.42. The summed E-state index contributed by atoms with van der Waals surface area (Å²) in [5.74, 6) is 5.80. The molecule has 4 aliphatic heterocycles. The van der Waals surface area contributed by atoms with Crippen molar-refractivity contribution < 1.29 is 9.31 Å². The van der Waals surface area contributed by atoms with Gasteiger partial charge in [-0.15, -0.1) is 0 Å². The average Bonchev–Trinajstić information content (AvgIpc) is 2.80. The zero-order valence-electron chi connectivity index (χ0n) is 22.0. The molecule has 0 saturated carbocycles. The van der Waals surface area contributed by atoms with Crippen molar-refractivity contribution >= 4 is 25.6 Å². The van der Waals surface area contributed by atoms with Crippen molar-refractivity contribution in [2.75, 3.05) is 11.5 Å². The Morgan fingerprint density at radius 2 is 0.939 bits per heavy atom. The van der Waals surface area contributed by atoms with Crippen LogP contribution in [0.5, 0.6) is 0 Å². The largest absolute Gasteiger partial charge is 0.432 e. The Labute approximate surface area is 211 Å². The lowest BCUT2D eigenvalue weighted by Crippen LogP contribution is -2.41. The molecular formula is C28H52B2O2S. The van der Waals surface area contributed by atoms with E-state index in [1.807, 2.05) is 0 Å². The number of hydrogen-bond acceptors (Lipinski definition) is 3. The lowest BCUT2D eigenvalue weighted by atomic mass is 9.38. The topological polar surface area (TPSA) is 18.5 Å². The summed E-state index contributed by atoms with van der Waals surface area (Å²) in [4.78, 5) is 0. The SMILES string of the molecule is CCCCC(CSCC(CCCC)OB1C2CCCC1CCC2)OB1C2CCCC1CCC2. The third kappa shape index (κ3) is 7.69. The highest BCUT2D eigenvalue weighted by Crippen LogP contribution is 2.48. The molecule has 0 amide bonds. The van der Waals surface area contributed by atoms with Crippen molar-refractivity contribution in [2.45, 2.75) is 165 Å². The Hall–Kier alpha value is 0.400. The molecule has 2 atom stereocenters. The third-order valence-corrected chi connectivity index (χ3v) is 10.7. The van der Waals surface area contributed by atoms with Crippen molar-refractivity contribution in [2.24, 2.45) is 0 Å². The van der Waals surface area contributed by atoms with Crippen molar-refractivity contribution in [3.8, 4) is 0 Å². The van der Waals surface area contributed by atoms with Gasteiger partial charge in [0.2, 0.25) is 0 Å². The molecule has 4 bridgehead atoms. The van der Waals surface area contributed by atoms with E-state index in [-0.39, 0.29) is 0 Å². The molecule has 0 aromatic heterocycles. The molecule has 2 unspecified atom stereocenters. The first-order chi connectivity index (χ1) is 16.3. The molecule has 0 aromatic carbocycles. The van der Waals surface area contributed by atoms with Crippen LogP contribution in [0, 0.1) is 0 Å². The van der Waals surface area contributed by atoms with Gasteiger partial charge in [-0.05, 0) is 36.1 Å². The van der Waals surface area contributed by atoms with Crippen LogP contribution in [0.25, 0.3) is 0 Å². The smallest absolute Gasteiger partial charge is 0.299 e. The summed E-state index contributed by atoms with van der Waals surface area (Å²) in [7, 11) is 0. The predicted molar refractivity (Wildman–Crippen MR) is 148 cm³/mol. The second kappa shape index (κ2) is 14.2. The minimum Gasteiger partial charge on any atom is -0.432 e. The molecule has 188 valence electrons. The maximum atomic E-state index is 6.97. The van der Waals surface area contributed by atoms with Crippen LogP contribution in [0.15, 0.2) is 0 Å². The monoisotopic (exact) mass is 474 g/mol. The van der Waals surface area contributed by atoms with Crippen LogP contribution in [-0.2, 0) is 9.31 Å². The lowest BCUT2D eigenvalue weighted by molar-refractivity contribution is 0.181. The van der Waals surface area contributed by atoms with Gasteiger partial charge in [0.15, 0.2) is 0 Å². The Morgan fingerprint density at radius 3 is 1.24 bits per heavy atom. The van der Waals surface area contributed by atoms with E-state index >= 15 is 0 Å². The zero-order valence-corrected chi connectivity index (χ0v) is 22.8. The Balaban J connectivity index is 1.28. The van der Waals surface area contributed by atoms with E-state index in [2.05, 4.69) is 25.6 Å². The molecular weight excluding hydrogens is 422 g/mol. The maximum absolute atomic E-state index is 6.97. The first-order valence-corrected chi connectivity index (χ1v) is 16.3. The van der Waals surface area contributed by atoms with Crippen LogP contribution < -0.4 is 0 Å². The Bertz CT molecular complexity index is 460. The van der Waals surface area contributed by atoms with Crippen LogP contribution >= 0.6 is 11.8 Å². The summed E-state index contributed by atoms with van der Waals surface area (Å²) in [6.07, 6.45) is 25.8. The number of fused-ring (bicyclic) bond motifs is 4. The fraction of sp³-hybridized carbons (Fsp3) is 1.00. The van der Waals surface area contributed by atoms with Gasteiger partial charge in [-0.2, -0.15) is 11.8 Å². The number of unbranched alkanes of at least 4 members (excludes halogenated alkanes) is 2. The van der Waals surface area contributed by atoms with Crippen molar-refractivity contribution in [3.63, 3.8) is 0 Å². The van der Waals surface area contributed by atoms with Gasteiger partial charge in [0.05, 0.1) is 0 Å². The van der Waals surface area contributed by atoms with Crippen molar-refractivity contribution in [1.29, 1.82) is 0 Å². The second-order valence-corrected chi connectivity index (χ2v) is 13.1. The van der Waals surface area contributed by atoms with Gasteiger partial charge in [-0.3, -0.25) is 0 Å². The van der Waals surface area contributed by atoms with E-state index in [4.69, 9.17) is 9.31 Å². The van der Waals surface area contributed by atoms with Gasteiger partial charge in [0.1, 0.15) is 0 Å². The Morgan fingerprint density at radius 1 is 0.606 bits per heavy atom. The molecule has 4 heterocycles. The molecule has 4 saturated heterocycles. The summed E-state index contributed by atoms with van der Waals surface area (Å²) >= 11 is 2.15. The summed E-state index contributed by atoms with van der Waals surface area (Å²) in [6, 6.07) is 0. The fourth-order valence-electron chi connectivity index (χ4n) is 7.69. The fourth-order valence-corrected chi connectivity index (χ4v) is 8.85. The molecule has 0 aromatic rings. The van der Waals surface area contributed by atoms with Gasteiger partial charge in [0.25, 0.3) is 13.8 Å². The summed E-state index contributed by atoms with van der Waals surface area (Å²) < 4.78 is 13.9. The normalized spacial score (nSPS) is 31.5. The molecule has 4 aliphatic rings. The van der Waals surface area contributed by atoms with Crippen molar-refractivity contribution in [3.05, 3.63) is 0 Å². The number of thioether (sulfide) groups is 1. The molecule has 0 N–H and O–H groups in total. The number of rotatable bonds is 14. The van der Waals surface area contributed by atoms with Crippen LogP contribution in [0.1, 0.15) is 129 Å². The van der Waals surface area contributed by atoms with Gasteiger partial charge >= 0.3 is 0 Å². The zero-order chi connectivity index (χ0) is 22.9. The molecule has 0 aliphatic carbocycles.